The fraction of sp³-hybridized carbons (Fsp3) is 0.474. The Morgan fingerprint density at radius 2 is 2.08 bits per heavy atom. The third-order valence-electron chi connectivity index (χ3n) is 4.04. The highest BCUT2D eigenvalue weighted by atomic mass is 127. The molecule has 0 amide bonds. The Balaban J connectivity index is 0.00000338. The van der Waals surface area contributed by atoms with Crippen LogP contribution in [-0.2, 0) is 13.6 Å². The molecule has 2 aromatic rings. The first-order valence-corrected chi connectivity index (χ1v) is 8.72. The van der Waals surface area contributed by atoms with Gasteiger partial charge in [0.15, 0.2) is 5.96 Å². The Labute approximate surface area is 174 Å². The minimum Gasteiger partial charge on any atom is -0.357 e. The van der Waals surface area contributed by atoms with Crippen molar-refractivity contribution in [2.45, 2.75) is 26.4 Å². The van der Waals surface area contributed by atoms with E-state index in [1.165, 1.54) is 16.7 Å². The van der Waals surface area contributed by atoms with Crippen molar-refractivity contribution in [2.24, 2.45) is 12.0 Å². The molecule has 1 unspecified atom stereocenters. The van der Waals surface area contributed by atoms with Gasteiger partial charge in [-0.05, 0) is 33.5 Å². The number of hydrogen-bond acceptors (Lipinski definition) is 3. The number of rotatable bonds is 7. The fourth-order valence-electron chi connectivity index (χ4n) is 2.73. The number of benzene rings is 1. The topological polar surface area (TPSA) is 57.5 Å². The van der Waals surface area contributed by atoms with Crippen molar-refractivity contribution >= 4 is 29.9 Å². The first kappa shape index (κ1) is 22.4. The third kappa shape index (κ3) is 6.95. The van der Waals surface area contributed by atoms with Crippen LogP contribution in [-0.4, -0.2) is 47.8 Å². The highest BCUT2D eigenvalue weighted by Gasteiger charge is 2.16. The zero-order chi connectivity index (χ0) is 18.2. The molecule has 26 heavy (non-hydrogen) atoms. The monoisotopic (exact) mass is 470 g/mol. The minimum atomic E-state index is 0. The van der Waals surface area contributed by atoms with Crippen LogP contribution in [0.3, 0.4) is 0 Å². The summed E-state index contributed by atoms with van der Waals surface area (Å²) in [5.74, 6) is 0.833. The zero-order valence-electron chi connectivity index (χ0n) is 16.4. The molecule has 1 heterocycles. The normalized spacial score (nSPS) is 12.6. The lowest BCUT2D eigenvalue weighted by atomic mass is 10.1. The van der Waals surface area contributed by atoms with Gasteiger partial charge in [-0.3, -0.25) is 4.68 Å². The maximum Gasteiger partial charge on any atom is 0.191 e. The first-order chi connectivity index (χ1) is 12.0. The smallest absolute Gasteiger partial charge is 0.191 e. The fourth-order valence-corrected chi connectivity index (χ4v) is 2.73. The molecule has 0 aliphatic carbocycles. The van der Waals surface area contributed by atoms with Gasteiger partial charge in [0.05, 0.1) is 18.8 Å². The number of nitrogens with zero attached hydrogens (tertiary/aromatic N) is 4. The lowest BCUT2D eigenvalue weighted by molar-refractivity contribution is 0.298. The molecule has 0 aliphatic rings. The standard InChI is InChI=1S/C19H30N6.HI/c1-6-20-19(21-11-16-9-7-8-15(2)10-16)22-13-18(24(3)4)17-12-23-25(5)14-17;/h7-10,12,14,18H,6,11,13H2,1-5H3,(H2,20,21,22);1H. The molecule has 0 aliphatic heterocycles. The number of aryl methyl sites for hydroxylation is 2. The molecule has 0 radical (unpaired) electrons. The summed E-state index contributed by atoms with van der Waals surface area (Å²) in [6, 6.07) is 8.69. The molecule has 2 N–H and O–H groups in total. The number of hydrogen-bond donors (Lipinski definition) is 2. The van der Waals surface area contributed by atoms with Crippen LogP contribution in [0.4, 0.5) is 0 Å². The molecule has 7 heteroatoms. The van der Waals surface area contributed by atoms with Crippen molar-refractivity contribution < 1.29 is 0 Å². The molecule has 0 saturated heterocycles. The maximum absolute atomic E-state index is 4.71. The van der Waals surface area contributed by atoms with Crippen LogP contribution < -0.4 is 10.6 Å². The van der Waals surface area contributed by atoms with Crippen LogP contribution in [0.5, 0.6) is 0 Å². The van der Waals surface area contributed by atoms with E-state index in [1.54, 1.807) is 0 Å². The predicted molar refractivity (Wildman–Crippen MR) is 119 cm³/mol. The second kappa shape index (κ2) is 11.2. The molecule has 144 valence electrons. The summed E-state index contributed by atoms with van der Waals surface area (Å²) in [6.07, 6.45) is 3.98. The lowest BCUT2D eigenvalue weighted by Gasteiger charge is -2.24. The van der Waals surface area contributed by atoms with Gasteiger partial charge in [-0.1, -0.05) is 29.8 Å². The van der Waals surface area contributed by atoms with Gasteiger partial charge < -0.3 is 15.5 Å². The highest BCUT2D eigenvalue weighted by molar-refractivity contribution is 14.0. The van der Waals surface area contributed by atoms with E-state index in [-0.39, 0.29) is 30.0 Å². The second-order valence-corrected chi connectivity index (χ2v) is 6.49. The number of nitrogens with one attached hydrogen (secondary N) is 2. The van der Waals surface area contributed by atoms with Crippen molar-refractivity contribution in [3.63, 3.8) is 0 Å². The molecular formula is C19H31IN6. The van der Waals surface area contributed by atoms with Crippen LogP contribution >= 0.6 is 24.0 Å². The summed E-state index contributed by atoms with van der Waals surface area (Å²) in [7, 11) is 6.10. The van der Waals surface area contributed by atoms with Gasteiger partial charge in [0, 0.05) is 31.9 Å². The molecule has 0 saturated carbocycles. The summed E-state index contributed by atoms with van der Waals surface area (Å²) >= 11 is 0. The molecule has 1 aromatic heterocycles. The van der Waals surface area contributed by atoms with Crippen molar-refractivity contribution in [2.75, 3.05) is 27.2 Å². The number of likely N-dealkylation sites (N-methyl/N-ethyl adjacent to an activating group) is 1. The van der Waals surface area contributed by atoms with Gasteiger partial charge in [-0.15, -0.1) is 24.0 Å². The number of halogens is 1. The number of aliphatic imine (C=N–C) groups is 1. The third-order valence-corrected chi connectivity index (χ3v) is 4.04. The summed E-state index contributed by atoms with van der Waals surface area (Å²) in [6.45, 7) is 6.44. The quantitative estimate of drug-likeness (QED) is 0.371. The highest BCUT2D eigenvalue weighted by Crippen LogP contribution is 2.16. The Hall–Kier alpha value is -1.61. The van der Waals surface area contributed by atoms with Gasteiger partial charge in [0.1, 0.15) is 0 Å². The summed E-state index contributed by atoms with van der Waals surface area (Å²) in [5.41, 5.74) is 3.66. The summed E-state index contributed by atoms with van der Waals surface area (Å²) < 4.78 is 1.84. The average Bonchev–Trinajstić information content (AvgIpc) is 2.98. The summed E-state index contributed by atoms with van der Waals surface area (Å²) in [5, 5.41) is 11.1. The van der Waals surface area contributed by atoms with Gasteiger partial charge in [-0.2, -0.15) is 5.10 Å². The van der Waals surface area contributed by atoms with E-state index in [0.717, 1.165) is 19.0 Å². The summed E-state index contributed by atoms with van der Waals surface area (Å²) in [4.78, 5) is 6.90. The first-order valence-electron chi connectivity index (χ1n) is 8.72. The zero-order valence-corrected chi connectivity index (χ0v) is 18.7. The molecule has 1 aromatic carbocycles. The van der Waals surface area contributed by atoms with Crippen molar-refractivity contribution in [3.8, 4) is 0 Å². The molecule has 0 spiro atoms. The van der Waals surface area contributed by atoms with Crippen molar-refractivity contribution in [3.05, 3.63) is 53.3 Å². The van der Waals surface area contributed by atoms with Crippen LogP contribution in [0, 0.1) is 6.92 Å². The van der Waals surface area contributed by atoms with Gasteiger partial charge in [-0.25, -0.2) is 4.99 Å². The van der Waals surface area contributed by atoms with E-state index in [9.17, 15) is 0 Å². The number of guanidine groups is 1. The maximum atomic E-state index is 4.71. The van der Waals surface area contributed by atoms with E-state index < -0.39 is 0 Å². The second-order valence-electron chi connectivity index (χ2n) is 6.49. The van der Waals surface area contributed by atoms with Gasteiger partial charge in [0.25, 0.3) is 0 Å². The van der Waals surface area contributed by atoms with Gasteiger partial charge in [0.2, 0.25) is 0 Å². The van der Waals surface area contributed by atoms with E-state index in [4.69, 9.17) is 4.99 Å². The largest absolute Gasteiger partial charge is 0.357 e. The molecular weight excluding hydrogens is 439 g/mol. The van der Waals surface area contributed by atoms with Crippen molar-refractivity contribution in [1.82, 2.24) is 25.3 Å². The predicted octanol–water partition coefficient (Wildman–Crippen LogP) is 2.70. The minimum absolute atomic E-state index is 0. The number of aromatic nitrogens is 2. The van der Waals surface area contributed by atoms with Crippen LogP contribution in [0.25, 0.3) is 0 Å². The average molecular weight is 470 g/mol. The van der Waals surface area contributed by atoms with E-state index in [2.05, 4.69) is 79.0 Å². The Kier molecular flexibility index (Phi) is 9.64. The van der Waals surface area contributed by atoms with E-state index in [1.807, 2.05) is 17.9 Å². The Morgan fingerprint density at radius 3 is 2.65 bits per heavy atom. The Bertz CT molecular complexity index is 695. The van der Waals surface area contributed by atoms with Gasteiger partial charge >= 0.3 is 0 Å². The molecule has 0 fully saturated rings. The van der Waals surface area contributed by atoms with Crippen LogP contribution in [0.1, 0.15) is 29.7 Å². The van der Waals surface area contributed by atoms with E-state index in [0.29, 0.717) is 6.54 Å². The van der Waals surface area contributed by atoms with Crippen LogP contribution in [0.2, 0.25) is 0 Å². The van der Waals surface area contributed by atoms with E-state index >= 15 is 0 Å². The molecule has 2 rings (SSSR count). The van der Waals surface area contributed by atoms with Crippen molar-refractivity contribution in [1.29, 1.82) is 0 Å². The molecule has 6 nitrogen and oxygen atoms in total. The SMILES string of the molecule is CCNC(=NCc1cccc(C)c1)NCC(c1cnn(C)c1)N(C)C.I. The molecule has 0 bridgehead atoms. The Morgan fingerprint density at radius 1 is 1.31 bits per heavy atom. The van der Waals surface area contributed by atoms with Crippen LogP contribution in [0.15, 0.2) is 41.7 Å². The lowest BCUT2D eigenvalue weighted by Crippen LogP contribution is -2.41. The molecule has 1 atom stereocenters.